The number of benzene rings is 1. The fraction of sp³-hybridized carbons (Fsp3) is 0.111. The van der Waals surface area contributed by atoms with E-state index in [1.807, 2.05) is 0 Å². The van der Waals surface area contributed by atoms with E-state index in [1.165, 1.54) is 12.3 Å². The Bertz CT molecular complexity index is 455. The largest absolute Gasteiger partial charge is 0.504 e. The van der Waals surface area contributed by atoms with E-state index in [0.29, 0.717) is 0 Å². The van der Waals surface area contributed by atoms with Crippen molar-refractivity contribution in [2.45, 2.75) is 6.42 Å². The van der Waals surface area contributed by atoms with Gasteiger partial charge < -0.3 is 5.11 Å². The highest BCUT2D eigenvalue weighted by Gasteiger charge is 2.22. The first-order chi connectivity index (χ1) is 6.61. The van der Waals surface area contributed by atoms with Gasteiger partial charge in [0.25, 0.3) is 0 Å². The number of ketones is 1. The van der Waals surface area contributed by atoms with Crippen LogP contribution in [0.25, 0.3) is 0 Å². The van der Waals surface area contributed by atoms with Crippen molar-refractivity contribution in [2.75, 3.05) is 0 Å². The molecule has 0 unspecified atom stereocenters. The number of phenolic OH excluding ortho intramolecular Hbond substituents is 1. The van der Waals surface area contributed by atoms with Crippen LogP contribution in [0.1, 0.15) is 16.8 Å². The Morgan fingerprint density at radius 1 is 1.36 bits per heavy atom. The number of hydrogen-bond acceptors (Lipinski definition) is 3. The van der Waals surface area contributed by atoms with Crippen molar-refractivity contribution in [3.05, 3.63) is 21.7 Å². The molecule has 0 aliphatic carbocycles. The minimum absolute atomic E-state index is 0.0978. The summed E-state index contributed by atoms with van der Waals surface area (Å²) in [5.74, 6) is -0.359. The van der Waals surface area contributed by atoms with Crippen LogP contribution in [0, 0.1) is 0 Å². The molecule has 0 spiro atoms. The first-order valence-electron chi connectivity index (χ1n) is 3.88. The number of rotatable bonds is 0. The van der Waals surface area contributed by atoms with Crippen LogP contribution in [0.15, 0.2) is 11.1 Å². The van der Waals surface area contributed by atoms with Gasteiger partial charge in [-0.25, -0.2) is 0 Å². The summed E-state index contributed by atoms with van der Waals surface area (Å²) in [6.45, 7) is 0. The molecule has 1 heterocycles. The molecule has 5 heteroatoms. The molecule has 0 saturated carbocycles. The predicted octanol–water partition coefficient (Wildman–Crippen LogP) is 2.99. The van der Waals surface area contributed by atoms with Crippen LogP contribution in [-0.2, 0) is 0 Å². The molecule has 1 aromatic carbocycles. The van der Waals surface area contributed by atoms with Crippen molar-refractivity contribution in [2.24, 2.45) is 4.99 Å². The van der Waals surface area contributed by atoms with Crippen LogP contribution in [0.3, 0.4) is 0 Å². The van der Waals surface area contributed by atoms with E-state index >= 15 is 0 Å². The van der Waals surface area contributed by atoms with E-state index in [-0.39, 0.29) is 39.2 Å². The number of nitrogens with zero attached hydrogens (tertiary/aromatic N) is 1. The summed E-state index contributed by atoms with van der Waals surface area (Å²) < 4.78 is 0. The quantitative estimate of drug-likeness (QED) is 0.744. The van der Waals surface area contributed by atoms with E-state index in [9.17, 15) is 9.90 Å². The summed E-state index contributed by atoms with van der Waals surface area (Å²) in [5, 5.41) is 9.85. The van der Waals surface area contributed by atoms with Gasteiger partial charge in [0.1, 0.15) is 5.69 Å². The lowest BCUT2D eigenvalue weighted by atomic mass is 10.0. The number of carbonyl (C=O) groups excluding carboxylic acids is 1. The van der Waals surface area contributed by atoms with Gasteiger partial charge in [0.2, 0.25) is 0 Å². The fourth-order valence-corrected chi connectivity index (χ4v) is 1.87. The molecule has 0 saturated heterocycles. The monoisotopic (exact) mass is 229 g/mol. The van der Waals surface area contributed by atoms with Crippen molar-refractivity contribution in [3.63, 3.8) is 0 Å². The highest BCUT2D eigenvalue weighted by atomic mass is 35.5. The summed E-state index contributed by atoms with van der Waals surface area (Å²) >= 11 is 11.5. The van der Waals surface area contributed by atoms with Gasteiger partial charge in [-0.3, -0.25) is 9.79 Å². The molecule has 72 valence electrons. The maximum absolute atomic E-state index is 11.4. The van der Waals surface area contributed by atoms with E-state index in [0.717, 1.165) is 0 Å². The first-order valence-corrected chi connectivity index (χ1v) is 4.63. The second-order valence-corrected chi connectivity index (χ2v) is 3.67. The third kappa shape index (κ3) is 1.29. The number of fused-ring (bicyclic) bond motifs is 1. The van der Waals surface area contributed by atoms with Crippen molar-refractivity contribution in [1.29, 1.82) is 0 Å². The van der Waals surface area contributed by atoms with E-state index in [2.05, 4.69) is 4.99 Å². The zero-order valence-electron chi connectivity index (χ0n) is 6.92. The SMILES string of the molecule is O=C1CC=Nc2c(O)c(Cl)cc(Cl)c21. The smallest absolute Gasteiger partial charge is 0.172 e. The molecular formula is C9H5Cl2NO2. The Morgan fingerprint density at radius 2 is 2.07 bits per heavy atom. The van der Waals surface area contributed by atoms with Gasteiger partial charge in [-0.05, 0) is 6.07 Å². The number of hydrogen-bond donors (Lipinski definition) is 1. The van der Waals surface area contributed by atoms with Gasteiger partial charge >= 0.3 is 0 Å². The number of carbonyl (C=O) groups is 1. The van der Waals surface area contributed by atoms with E-state index in [4.69, 9.17) is 23.2 Å². The molecule has 1 aromatic rings. The van der Waals surface area contributed by atoms with Crippen molar-refractivity contribution in [3.8, 4) is 5.75 Å². The molecule has 0 atom stereocenters. The van der Waals surface area contributed by atoms with Crippen LogP contribution in [-0.4, -0.2) is 17.1 Å². The number of Topliss-reactive ketones (excluding diaryl/α,β-unsaturated/α-hetero) is 1. The number of halogens is 2. The molecule has 0 amide bonds. The van der Waals surface area contributed by atoms with Gasteiger partial charge in [-0.2, -0.15) is 0 Å². The average Bonchev–Trinajstić information content (AvgIpc) is 2.14. The summed E-state index contributed by atoms with van der Waals surface area (Å²) in [6.07, 6.45) is 1.63. The molecule has 0 fully saturated rings. The van der Waals surface area contributed by atoms with Gasteiger partial charge in [-0.15, -0.1) is 0 Å². The molecule has 0 radical (unpaired) electrons. The van der Waals surface area contributed by atoms with Crippen LogP contribution in [0.2, 0.25) is 10.0 Å². The number of aliphatic imine (C=N–C) groups is 1. The zero-order valence-corrected chi connectivity index (χ0v) is 8.43. The van der Waals surface area contributed by atoms with Gasteiger partial charge in [0.05, 0.1) is 15.6 Å². The standard InChI is InChI=1S/C9H5Cl2NO2/c10-4-3-5(11)9(14)8-7(4)6(13)1-2-12-8/h2-3,14H,1H2. The molecule has 3 nitrogen and oxygen atoms in total. The van der Waals surface area contributed by atoms with Crippen molar-refractivity contribution in [1.82, 2.24) is 0 Å². The van der Waals surface area contributed by atoms with E-state index < -0.39 is 0 Å². The molecule has 1 aliphatic heterocycles. The second kappa shape index (κ2) is 3.26. The Morgan fingerprint density at radius 3 is 2.79 bits per heavy atom. The molecule has 1 N–H and O–H groups in total. The highest BCUT2D eigenvalue weighted by molar-refractivity contribution is 6.39. The lowest BCUT2D eigenvalue weighted by Crippen LogP contribution is -2.05. The van der Waals surface area contributed by atoms with Gasteiger partial charge in [0.15, 0.2) is 11.5 Å². The third-order valence-electron chi connectivity index (χ3n) is 1.96. The molecule has 14 heavy (non-hydrogen) atoms. The Balaban J connectivity index is 2.80. The van der Waals surface area contributed by atoms with Crippen LogP contribution in [0.5, 0.6) is 5.75 Å². The van der Waals surface area contributed by atoms with E-state index in [1.54, 1.807) is 0 Å². The fourth-order valence-electron chi connectivity index (χ4n) is 1.31. The topological polar surface area (TPSA) is 49.7 Å². The second-order valence-electron chi connectivity index (χ2n) is 2.85. The third-order valence-corrected chi connectivity index (χ3v) is 2.54. The summed E-state index contributed by atoms with van der Waals surface area (Å²) in [7, 11) is 0. The minimum Gasteiger partial charge on any atom is -0.504 e. The summed E-state index contributed by atoms with van der Waals surface area (Å²) in [4.78, 5) is 15.3. The lowest BCUT2D eigenvalue weighted by molar-refractivity contribution is 0.100. The Labute approximate surface area is 90.0 Å². The molecular weight excluding hydrogens is 225 g/mol. The maximum Gasteiger partial charge on any atom is 0.172 e. The van der Waals surface area contributed by atoms with Gasteiger partial charge in [-0.1, -0.05) is 23.2 Å². The average molecular weight is 230 g/mol. The van der Waals surface area contributed by atoms with Crippen molar-refractivity contribution < 1.29 is 9.90 Å². The molecule has 1 aliphatic rings. The predicted molar refractivity (Wildman–Crippen MR) is 55.2 cm³/mol. The normalized spacial score (nSPS) is 14.3. The van der Waals surface area contributed by atoms with Crippen LogP contribution in [0.4, 0.5) is 5.69 Å². The number of aromatic hydroxyl groups is 1. The summed E-state index contributed by atoms with van der Waals surface area (Å²) in [5.41, 5.74) is 0.412. The van der Waals surface area contributed by atoms with Crippen LogP contribution < -0.4 is 0 Å². The van der Waals surface area contributed by atoms with Crippen molar-refractivity contribution >= 4 is 40.9 Å². The van der Waals surface area contributed by atoms with Crippen LogP contribution >= 0.6 is 23.2 Å². The molecule has 0 bridgehead atoms. The molecule has 0 aromatic heterocycles. The summed E-state index contributed by atoms with van der Waals surface area (Å²) in [6, 6.07) is 1.34. The minimum atomic E-state index is -0.199. The molecule has 2 rings (SSSR count). The van der Waals surface area contributed by atoms with Gasteiger partial charge in [0, 0.05) is 12.6 Å². The first kappa shape index (κ1) is 9.49. The lowest BCUT2D eigenvalue weighted by Gasteiger charge is -2.12. The maximum atomic E-state index is 11.4. The highest BCUT2D eigenvalue weighted by Crippen LogP contribution is 2.42. The Kier molecular flexibility index (Phi) is 2.21. The zero-order chi connectivity index (χ0) is 10.3. The number of phenols is 1. The Hall–Kier alpha value is -1.06.